The second kappa shape index (κ2) is 7.84. The van der Waals surface area contributed by atoms with Crippen LogP contribution in [0.1, 0.15) is 10.4 Å². The van der Waals surface area contributed by atoms with Gasteiger partial charge in [0, 0.05) is 29.6 Å². The summed E-state index contributed by atoms with van der Waals surface area (Å²) in [5.41, 5.74) is 0.828. The molecule has 0 saturated heterocycles. The Bertz CT molecular complexity index is 1100. The predicted octanol–water partition coefficient (Wildman–Crippen LogP) is 3.04. The van der Waals surface area contributed by atoms with Gasteiger partial charge in [0.05, 0.1) is 21.7 Å². The Morgan fingerprint density at radius 3 is 2.21 bits per heavy atom. The molecule has 142 valence electrons. The third kappa shape index (κ3) is 4.48. The van der Waals surface area contributed by atoms with E-state index in [1.807, 2.05) is 0 Å². The molecule has 0 unspecified atom stereocenters. The summed E-state index contributed by atoms with van der Waals surface area (Å²) in [5.74, 6) is -0.473. The lowest BCUT2D eigenvalue weighted by Crippen LogP contribution is -2.14. The summed E-state index contributed by atoms with van der Waals surface area (Å²) in [4.78, 5) is 26.2. The summed E-state index contributed by atoms with van der Waals surface area (Å²) in [5, 5.41) is 13.2. The van der Waals surface area contributed by atoms with Crippen molar-refractivity contribution in [2.75, 3.05) is 10.0 Å². The van der Waals surface area contributed by atoms with Crippen LogP contribution in [0.2, 0.25) is 0 Å². The second-order valence-corrected chi connectivity index (χ2v) is 7.31. The Morgan fingerprint density at radius 2 is 1.64 bits per heavy atom. The van der Waals surface area contributed by atoms with Crippen LogP contribution in [0.25, 0.3) is 0 Å². The first kappa shape index (κ1) is 19.0. The Labute approximate surface area is 160 Å². The highest BCUT2D eigenvalue weighted by Crippen LogP contribution is 2.19. The molecular formula is C18H14N4O5S. The van der Waals surface area contributed by atoms with Crippen molar-refractivity contribution in [3.05, 3.63) is 88.7 Å². The van der Waals surface area contributed by atoms with Gasteiger partial charge >= 0.3 is 0 Å². The van der Waals surface area contributed by atoms with E-state index in [-0.39, 0.29) is 16.1 Å². The number of nitrogens with one attached hydrogen (secondary N) is 2. The van der Waals surface area contributed by atoms with Gasteiger partial charge in [-0.2, -0.15) is 0 Å². The maximum atomic E-state index is 12.4. The SMILES string of the molecule is O=C(Nc1ccc(S(=O)(=O)Nc2cccnc2)cc1)c1ccc([N+](=O)[O-])cc1. The van der Waals surface area contributed by atoms with Crippen LogP contribution in [0.15, 0.2) is 78.0 Å². The van der Waals surface area contributed by atoms with Crippen molar-refractivity contribution in [3.63, 3.8) is 0 Å². The third-order valence-corrected chi connectivity index (χ3v) is 5.07. The van der Waals surface area contributed by atoms with Crippen molar-refractivity contribution >= 4 is 33.0 Å². The number of non-ortho nitro benzene ring substituents is 1. The molecule has 2 N–H and O–H groups in total. The molecule has 3 rings (SSSR count). The van der Waals surface area contributed by atoms with E-state index in [0.717, 1.165) is 0 Å². The van der Waals surface area contributed by atoms with Gasteiger partial charge in [-0.25, -0.2) is 8.42 Å². The number of amides is 1. The second-order valence-electron chi connectivity index (χ2n) is 5.63. The number of anilines is 2. The molecular weight excluding hydrogens is 384 g/mol. The lowest BCUT2D eigenvalue weighted by molar-refractivity contribution is -0.384. The minimum Gasteiger partial charge on any atom is -0.322 e. The van der Waals surface area contributed by atoms with Crippen molar-refractivity contribution in [1.29, 1.82) is 0 Å². The molecule has 3 aromatic rings. The number of sulfonamides is 1. The number of pyridine rings is 1. The zero-order valence-corrected chi connectivity index (χ0v) is 15.1. The van der Waals surface area contributed by atoms with E-state index in [4.69, 9.17) is 0 Å². The molecule has 0 aliphatic carbocycles. The largest absolute Gasteiger partial charge is 0.322 e. The average molecular weight is 398 g/mol. The van der Waals surface area contributed by atoms with Crippen molar-refractivity contribution in [1.82, 2.24) is 4.98 Å². The van der Waals surface area contributed by atoms with Crippen LogP contribution < -0.4 is 10.0 Å². The zero-order chi connectivity index (χ0) is 20.1. The Kier molecular flexibility index (Phi) is 5.32. The van der Waals surface area contributed by atoms with E-state index >= 15 is 0 Å². The zero-order valence-electron chi connectivity index (χ0n) is 14.3. The summed E-state index contributed by atoms with van der Waals surface area (Å²) >= 11 is 0. The Hall–Kier alpha value is -3.79. The molecule has 0 saturated carbocycles. The van der Waals surface area contributed by atoms with Gasteiger partial charge in [0.2, 0.25) is 0 Å². The van der Waals surface area contributed by atoms with Gasteiger partial charge < -0.3 is 5.32 Å². The van der Waals surface area contributed by atoms with Crippen molar-refractivity contribution < 1.29 is 18.1 Å². The van der Waals surface area contributed by atoms with Crippen LogP contribution in [0, 0.1) is 10.1 Å². The Balaban J connectivity index is 1.70. The highest BCUT2D eigenvalue weighted by atomic mass is 32.2. The molecule has 0 bridgehead atoms. The number of carbonyl (C=O) groups is 1. The smallest absolute Gasteiger partial charge is 0.269 e. The molecule has 10 heteroatoms. The van der Waals surface area contributed by atoms with Crippen molar-refractivity contribution in [3.8, 4) is 0 Å². The van der Waals surface area contributed by atoms with Gasteiger partial charge in [0.1, 0.15) is 0 Å². The van der Waals surface area contributed by atoms with Crippen LogP contribution >= 0.6 is 0 Å². The summed E-state index contributed by atoms with van der Waals surface area (Å²) in [7, 11) is -3.79. The molecule has 0 aliphatic heterocycles. The number of nitro benzene ring substituents is 1. The van der Waals surface area contributed by atoms with E-state index in [0.29, 0.717) is 11.4 Å². The van der Waals surface area contributed by atoms with Crippen LogP contribution in [0.4, 0.5) is 17.1 Å². The normalized spacial score (nSPS) is 10.9. The molecule has 1 aromatic heterocycles. The lowest BCUT2D eigenvalue weighted by Gasteiger charge is -2.09. The van der Waals surface area contributed by atoms with E-state index < -0.39 is 20.9 Å². The van der Waals surface area contributed by atoms with Gasteiger partial charge in [0.15, 0.2) is 0 Å². The summed E-state index contributed by atoms with van der Waals surface area (Å²) in [6.07, 6.45) is 2.91. The van der Waals surface area contributed by atoms with E-state index in [2.05, 4.69) is 15.0 Å². The maximum absolute atomic E-state index is 12.4. The van der Waals surface area contributed by atoms with E-state index in [9.17, 15) is 23.3 Å². The fourth-order valence-corrected chi connectivity index (χ4v) is 3.34. The van der Waals surface area contributed by atoms with E-state index in [1.54, 1.807) is 12.1 Å². The van der Waals surface area contributed by atoms with Gasteiger partial charge in [-0.05, 0) is 48.5 Å². The van der Waals surface area contributed by atoms with Gasteiger partial charge in [-0.1, -0.05) is 0 Å². The fraction of sp³-hybridized carbons (Fsp3) is 0. The van der Waals surface area contributed by atoms with Crippen LogP contribution in [-0.2, 0) is 10.0 Å². The number of aromatic nitrogens is 1. The number of nitrogens with zero attached hydrogens (tertiary/aromatic N) is 2. The topological polar surface area (TPSA) is 131 Å². The standard InChI is InChI=1S/C18H14N4O5S/c23-18(13-3-7-16(8-4-13)22(24)25)20-14-5-9-17(10-6-14)28(26,27)21-15-2-1-11-19-12-15/h1-12,21H,(H,20,23). The van der Waals surface area contributed by atoms with Gasteiger partial charge in [0.25, 0.3) is 21.6 Å². The lowest BCUT2D eigenvalue weighted by atomic mass is 10.2. The first-order valence-electron chi connectivity index (χ1n) is 7.94. The average Bonchev–Trinajstić information content (AvgIpc) is 2.69. The maximum Gasteiger partial charge on any atom is 0.269 e. The summed E-state index contributed by atoms with van der Waals surface area (Å²) in [6.45, 7) is 0. The number of benzene rings is 2. The summed E-state index contributed by atoms with van der Waals surface area (Å²) in [6, 6.07) is 13.9. The first-order valence-corrected chi connectivity index (χ1v) is 9.42. The minimum atomic E-state index is -3.79. The first-order chi connectivity index (χ1) is 13.3. The van der Waals surface area contributed by atoms with Gasteiger partial charge in [-0.3, -0.25) is 24.6 Å². The number of hydrogen-bond donors (Lipinski definition) is 2. The number of nitro groups is 1. The number of hydrogen-bond acceptors (Lipinski definition) is 6. The van der Waals surface area contributed by atoms with E-state index in [1.165, 1.54) is 60.9 Å². The fourth-order valence-electron chi connectivity index (χ4n) is 2.29. The minimum absolute atomic E-state index is 0.0182. The molecule has 1 amide bonds. The van der Waals surface area contributed by atoms with Gasteiger partial charge in [-0.15, -0.1) is 0 Å². The molecule has 0 spiro atoms. The third-order valence-electron chi connectivity index (χ3n) is 3.68. The van der Waals surface area contributed by atoms with Crippen LogP contribution in [0.3, 0.4) is 0 Å². The quantitative estimate of drug-likeness (QED) is 0.485. The molecule has 28 heavy (non-hydrogen) atoms. The molecule has 2 aromatic carbocycles. The van der Waals surface area contributed by atoms with Crippen molar-refractivity contribution in [2.24, 2.45) is 0 Å². The van der Waals surface area contributed by atoms with Crippen molar-refractivity contribution in [2.45, 2.75) is 4.90 Å². The monoisotopic (exact) mass is 398 g/mol. The highest BCUT2D eigenvalue weighted by molar-refractivity contribution is 7.92. The molecule has 1 heterocycles. The highest BCUT2D eigenvalue weighted by Gasteiger charge is 2.15. The molecule has 0 fully saturated rings. The molecule has 0 atom stereocenters. The summed E-state index contributed by atoms with van der Waals surface area (Å²) < 4.78 is 27.1. The number of rotatable bonds is 6. The molecule has 0 aliphatic rings. The number of carbonyl (C=O) groups excluding carboxylic acids is 1. The Morgan fingerprint density at radius 1 is 0.964 bits per heavy atom. The van der Waals surface area contributed by atoms with Crippen LogP contribution in [0.5, 0.6) is 0 Å². The van der Waals surface area contributed by atoms with Crippen LogP contribution in [-0.4, -0.2) is 24.2 Å². The predicted molar refractivity (Wildman–Crippen MR) is 103 cm³/mol. The molecule has 9 nitrogen and oxygen atoms in total. The molecule has 0 radical (unpaired) electrons.